The van der Waals surface area contributed by atoms with Gasteiger partial charge in [0.05, 0.1) is 0 Å². The van der Waals surface area contributed by atoms with E-state index in [4.69, 9.17) is 4.52 Å². The summed E-state index contributed by atoms with van der Waals surface area (Å²) < 4.78 is 6.17. The molecule has 1 nitrogen and oxygen atoms in total. The number of hydrogen-bond acceptors (Lipinski definition) is 2. The molecule has 0 spiro atoms. The van der Waals surface area contributed by atoms with E-state index < -0.39 is 0 Å². The van der Waals surface area contributed by atoms with E-state index in [-0.39, 0.29) is 7.35 Å². The molecule has 1 aromatic carbocycles. The average Bonchev–Trinajstić information content (AvgIpc) is 2.55. The summed E-state index contributed by atoms with van der Waals surface area (Å²) in [6, 6.07) is 8.72. The maximum atomic E-state index is 6.17. The first kappa shape index (κ1) is 12.3. The SMILES string of the molecule is CC1Cc2ccccc2C1OP(C)[S][Tl]. The Morgan fingerprint density at radius 2 is 2.20 bits per heavy atom. The zero-order valence-electron chi connectivity index (χ0n) is 9.01. The van der Waals surface area contributed by atoms with Gasteiger partial charge in [-0.1, -0.05) is 0 Å². The molecule has 0 radical (unpaired) electrons. The molecule has 1 aliphatic carbocycles. The van der Waals surface area contributed by atoms with Gasteiger partial charge in [-0.3, -0.25) is 0 Å². The zero-order chi connectivity index (χ0) is 10.8. The van der Waals surface area contributed by atoms with E-state index in [1.165, 1.54) is 17.5 Å². The van der Waals surface area contributed by atoms with Crippen LogP contribution in [0.1, 0.15) is 24.2 Å². The molecule has 1 aliphatic rings. The Morgan fingerprint density at radius 3 is 2.93 bits per heavy atom. The Hall–Kier alpha value is 0.882. The molecule has 4 heteroatoms. The zero-order valence-corrected chi connectivity index (χ0v) is 15.2. The first-order chi connectivity index (χ1) is 7.22. The molecule has 0 aliphatic heterocycles. The van der Waals surface area contributed by atoms with Crippen LogP contribution in [0.3, 0.4) is 0 Å². The third-order valence-electron chi connectivity index (χ3n) is 2.83. The molecular weight excluding hydrogens is 416 g/mol. The minimum absolute atomic E-state index is 0.250. The summed E-state index contributed by atoms with van der Waals surface area (Å²) in [5.74, 6) is 0.643. The van der Waals surface area contributed by atoms with E-state index in [1.807, 2.05) is 7.93 Å². The van der Waals surface area contributed by atoms with E-state index in [9.17, 15) is 0 Å². The van der Waals surface area contributed by atoms with Gasteiger partial charge >= 0.3 is 111 Å². The fraction of sp³-hybridized carbons (Fsp3) is 0.455. The van der Waals surface area contributed by atoms with Crippen LogP contribution in [0.5, 0.6) is 0 Å². The van der Waals surface area contributed by atoms with Crippen LogP contribution in [-0.4, -0.2) is 30.9 Å². The molecule has 78 valence electrons. The summed E-state index contributed by atoms with van der Waals surface area (Å²) in [5, 5.41) is 0. The van der Waals surface area contributed by atoms with Gasteiger partial charge in [0.2, 0.25) is 0 Å². The molecular formula is C11H14OPSTl. The van der Waals surface area contributed by atoms with Crippen LogP contribution in [-0.2, 0) is 10.9 Å². The van der Waals surface area contributed by atoms with Crippen molar-refractivity contribution < 1.29 is 4.52 Å². The Labute approximate surface area is 111 Å². The monoisotopic (exact) mass is 430 g/mol. The number of benzene rings is 1. The van der Waals surface area contributed by atoms with Gasteiger partial charge in [-0.2, -0.15) is 0 Å². The third kappa shape index (κ3) is 2.77. The van der Waals surface area contributed by atoms with E-state index in [0.717, 1.165) is 24.3 Å². The number of rotatable bonds is 3. The van der Waals surface area contributed by atoms with Crippen LogP contribution in [0, 0.1) is 5.92 Å². The molecule has 2 rings (SSSR count). The third-order valence-corrected chi connectivity index (χ3v) is 15.2. The van der Waals surface area contributed by atoms with E-state index in [0.29, 0.717) is 12.0 Å². The van der Waals surface area contributed by atoms with Gasteiger partial charge in [0.1, 0.15) is 0 Å². The quantitative estimate of drug-likeness (QED) is 0.535. The van der Waals surface area contributed by atoms with E-state index in [2.05, 4.69) is 37.9 Å². The Balaban J connectivity index is 2.18. The molecule has 0 bridgehead atoms. The first-order valence-electron chi connectivity index (χ1n) is 5.07. The predicted molar refractivity (Wildman–Crippen MR) is 69.3 cm³/mol. The fourth-order valence-corrected chi connectivity index (χ4v) is 4.96. The summed E-state index contributed by atoms with van der Waals surface area (Å²) in [4.78, 5) is 0. The molecule has 3 unspecified atom stereocenters. The predicted octanol–water partition coefficient (Wildman–Crippen LogP) is 3.69. The molecule has 0 amide bonds. The Morgan fingerprint density at radius 1 is 1.47 bits per heavy atom. The molecule has 0 fully saturated rings. The van der Waals surface area contributed by atoms with Gasteiger partial charge in [-0.25, -0.2) is 0 Å². The van der Waals surface area contributed by atoms with Crippen LogP contribution in [0.15, 0.2) is 24.3 Å². The van der Waals surface area contributed by atoms with E-state index >= 15 is 0 Å². The maximum absolute atomic E-state index is 6.17. The molecule has 1 aromatic rings. The van der Waals surface area contributed by atoms with Gasteiger partial charge < -0.3 is 0 Å². The number of fused-ring (bicyclic) bond motifs is 1. The summed E-state index contributed by atoms with van der Waals surface area (Å²) in [6.07, 6.45) is 1.53. The first-order valence-corrected chi connectivity index (χ1v) is 13.8. The Bertz CT molecular complexity index is 347. The van der Waals surface area contributed by atoms with Crippen molar-refractivity contribution in [3.63, 3.8) is 0 Å². The second-order valence-electron chi connectivity index (χ2n) is 3.95. The fourth-order valence-electron chi connectivity index (χ4n) is 2.10. The standard InChI is InChI=1S/C11H14OPS.Tl/c1-8-7-9-5-3-4-6-10(9)11(8)12-13(2)14;/h3-6,8,11H,7H2,1-2H3;/q-1;+1. The van der Waals surface area contributed by atoms with Crippen molar-refractivity contribution in [2.45, 2.75) is 19.4 Å². The van der Waals surface area contributed by atoms with Crippen molar-refractivity contribution >= 4 is 39.5 Å². The summed E-state index contributed by atoms with van der Waals surface area (Å²) in [5.41, 5.74) is 2.91. The molecule has 0 aromatic heterocycles. The summed E-state index contributed by atoms with van der Waals surface area (Å²) >= 11 is 0.984. The van der Waals surface area contributed by atoms with Crippen molar-refractivity contribution in [3.8, 4) is 0 Å². The summed E-state index contributed by atoms with van der Waals surface area (Å²) in [6.45, 7) is 4.53. The van der Waals surface area contributed by atoms with Gasteiger partial charge in [0.25, 0.3) is 0 Å². The van der Waals surface area contributed by atoms with E-state index in [1.54, 1.807) is 0 Å². The molecule has 0 saturated heterocycles. The van der Waals surface area contributed by atoms with Gasteiger partial charge in [0.15, 0.2) is 0 Å². The topological polar surface area (TPSA) is 9.23 Å². The molecule has 0 heterocycles. The summed E-state index contributed by atoms with van der Waals surface area (Å²) in [7, 11) is 1.75. The van der Waals surface area contributed by atoms with Crippen LogP contribution < -0.4 is 0 Å². The molecule has 0 N–H and O–H groups in total. The van der Waals surface area contributed by atoms with Crippen molar-refractivity contribution in [1.82, 2.24) is 0 Å². The van der Waals surface area contributed by atoms with Gasteiger partial charge in [-0.15, -0.1) is 0 Å². The van der Waals surface area contributed by atoms with Gasteiger partial charge in [0, 0.05) is 0 Å². The molecule has 15 heavy (non-hydrogen) atoms. The second kappa shape index (κ2) is 5.48. The molecule has 3 atom stereocenters. The second-order valence-corrected chi connectivity index (χ2v) is 14.8. The average molecular weight is 430 g/mol. The van der Waals surface area contributed by atoms with Crippen molar-refractivity contribution in [2.75, 3.05) is 6.66 Å². The number of hydrogen-bond donors (Lipinski definition) is 0. The normalized spacial score (nSPS) is 26.2. The van der Waals surface area contributed by atoms with Crippen LogP contribution in [0.25, 0.3) is 0 Å². The van der Waals surface area contributed by atoms with Crippen LogP contribution in [0.2, 0.25) is 0 Å². The van der Waals surface area contributed by atoms with Crippen molar-refractivity contribution in [1.29, 1.82) is 0 Å². The minimum atomic E-state index is -0.250. The Kier molecular flexibility index (Phi) is 4.51. The van der Waals surface area contributed by atoms with Gasteiger partial charge in [-0.05, 0) is 0 Å². The van der Waals surface area contributed by atoms with Crippen molar-refractivity contribution in [2.24, 2.45) is 5.92 Å². The van der Waals surface area contributed by atoms with Crippen LogP contribution in [0.4, 0.5) is 0 Å². The molecule has 0 saturated carbocycles. The van der Waals surface area contributed by atoms with Crippen molar-refractivity contribution in [3.05, 3.63) is 35.4 Å². The van der Waals surface area contributed by atoms with Crippen LogP contribution >= 0.6 is 15.3 Å².